The molecule has 0 aromatic rings. The van der Waals surface area contributed by atoms with Gasteiger partial charge in [0.25, 0.3) is 0 Å². The average molecular weight is 254 g/mol. The first kappa shape index (κ1) is 13.7. The average Bonchev–Trinajstić information content (AvgIpc) is 3.15. The van der Waals surface area contributed by atoms with Gasteiger partial charge in [-0.2, -0.15) is 0 Å². The van der Waals surface area contributed by atoms with Gasteiger partial charge in [0.2, 0.25) is 0 Å². The fourth-order valence-corrected chi connectivity index (χ4v) is 2.49. The van der Waals surface area contributed by atoms with Crippen LogP contribution in [0.15, 0.2) is 23.3 Å². The largest absolute Gasteiger partial charge is 0.392 e. The number of hydrogen-bond acceptors (Lipinski definition) is 4. The second-order valence-corrected chi connectivity index (χ2v) is 4.99. The van der Waals surface area contributed by atoms with Gasteiger partial charge in [-0.1, -0.05) is 31.9 Å². The van der Waals surface area contributed by atoms with Crippen molar-refractivity contribution in [3.63, 3.8) is 0 Å². The summed E-state index contributed by atoms with van der Waals surface area (Å²) in [7, 11) is 0. The molecule has 1 fully saturated rings. The minimum Gasteiger partial charge on any atom is -0.392 e. The first-order chi connectivity index (χ1) is 8.70. The van der Waals surface area contributed by atoms with E-state index in [4.69, 9.17) is 4.74 Å². The van der Waals surface area contributed by atoms with Crippen molar-refractivity contribution in [2.45, 2.75) is 57.0 Å². The SMILES string of the molecule is CCCCC/C=C/C1=C(CO)[C@H](O)[C@@H]2O[C@@H]2[C@H]1O. The molecule has 3 N–H and O–H groups in total. The molecule has 0 radical (unpaired) electrons. The molecule has 2 aliphatic rings. The van der Waals surface area contributed by atoms with Crippen LogP contribution in [0.1, 0.15) is 32.6 Å². The molecule has 4 nitrogen and oxygen atoms in total. The lowest BCUT2D eigenvalue weighted by Gasteiger charge is -2.23. The molecular weight excluding hydrogens is 232 g/mol. The van der Waals surface area contributed by atoms with Crippen molar-refractivity contribution in [3.8, 4) is 0 Å². The Balaban J connectivity index is 2.02. The van der Waals surface area contributed by atoms with Gasteiger partial charge in [0.05, 0.1) is 6.61 Å². The van der Waals surface area contributed by atoms with E-state index in [-0.39, 0.29) is 18.8 Å². The van der Waals surface area contributed by atoms with E-state index < -0.39 is 12.2 Å². The lowest BCUT2D eigenvalue weighted by atomic mass is 9.87. The number of aliphatic hydroxyl groups excluding tert-OH is 3. The number of unbranched alkanes of at least 4 members (excludes halogenated alkanes) is 3. The van der Waals surface area contributed by atoms with Crippen LogP contribution < -0.4 is 0 Å². The fraction of sp³-hybridized carbons (Fsp3) is 0.714. The van der Waals surface area contributed by atoms with Crippen molar-refractivity contribution in [2.24, 2.45) is 0 Å². The van der Waals surface area contributed by atoms with Crippen LogP contribution in [-0.4, -0.2) is 46.3 Å². The third kappa shape index (κ3) is 2.67. The molecule has 0 bridgehead atoms. The van der Waals surface area contributed by atoms with E-state index in [9.17, 15) is 15.3 Å². The maximum Gasteiger partial charge on any atom is 0.117 e. The Morgan fingerprint density at radius 1 is 1.17 bits per heavy atom. The van der Waals surface area contributed by atoms with Gasteiger partial charge in [-0.15, -0.1) is 0 Å². The van der Waals surface area contributed by atoms with Crippen LogP contribution in [0, 0.1) is 0 Å². The van der Waals surface area contributed by atoms with E-state index in [1.807, 2.05) is 12.2 Å². The molecule has 1 heterocycles. The second-order valence-electron chi connectivity index (χ2n) is 4.99. The number of rotatable bonds is 6. The molecule has 0 aromatic heterocycles. The molecule has 18 heavy (non-hydrogen) atoms. The van der Waals surface area contributed by atoms with E-state index >= 15 is 0 Å². The monoisotopic (exact) mass is 254 g/mol. The van der Waals surface area contributed by atoms with Crippen LogP contribution in [0.3, 0.4) is 0 Å². The zero-order valence-corrected chi connectivity index (χ0v) is 10.7. The molecule has 0 saturated carbocycles. The predicted octanol–water partition coefficient (Wildman–Crippen LogP) is 0.915. The highest BCUT2D eigenvalue weighted by Crippen LogP contribution is 2.40. The summed E-state index contributed by atoms with van der Waals surface area (Å²) in [5.41, 5.74) is 1.12. The van der Waals surface area contributed by atoms with Crippen LogP contribution >= 0.6 is 0 Å². The number of epoxide rings is 1. The Hall–Kier alpha value is -0.680. The smallest absolute Gasteiger partial charge is 0.117 e. The highest BCUT2D eigenvalue weighted by Gasteiger charge is 2.54. The summed E-state index contributed by atoms with van der Waals surface area (Å²) in [6.45, 7) is 1.92. The lowest BCUT2D eigenvalue weighted by molar-refractivity contribution is 0.141. The second kappa shape index (κ2) is 5.97. The third-order valence-electron chi connectivity index (χ3n) is 3.67. The first-order valence-corrected chi connectivity index (χ1v) is 6.72. The topological polar surface area (TPSA) is 73.2 Å². The summed E-state index contributed by atoms with van der Waals surface area (Å²) in [4.78, 5) is 0. The molecule has 2 rings (SSSR count). The van der Waals surface area contributed by atoms with E-state index in [2.05, 4.69) is 6.92 Å². The molecule has 0 amide bonds. The Bertz CT molecular complexity index is 348. The van der Waals surface area contributed by atoms with E-state index in [0.717, 1.165) is 12.8 Å². The molecule has 4 heteroatoms. The Labute approximate surface area is 108 Å². The minimum atomic E-state index is -0.779. The van der Waals surface area contributed by atoms with Gasteiger partial charge >= 0.3 is 0 Å². The van der Waals surface area contributed by atoms with Crippen LogP contribution in [0.2, 0.25) is 0 Å². The number of hydrogen-bond donors (Lipinski definition) is 3. The highest BCUT2D eigenvalue weighted by atomic mass is 16.6. The molecule has 4 atom stereocenters. The Kier molecular flexibility index (Phi) is 4.56. The predicted molar refractivity (Wildman–Crippen MR) is 68.1 cm³/mol. The van der Waals surface area contributed by atoms with Crippen molar-refractivity contribution in [2.75, 3.05) is 6.61 Å². The van der Waals surface area contributed by atoms with Gasteiger partial charge in [-0.05, 0) is 24.0 Å². The van der Waals surface area contributed by atoms with Crippen LogP contribution in [0.5, 0.6) is 0 Å². The third-order valence-corrected chi connectivity index (χ3v) is 3.67. The van der Waals surface area contributed by atoms with Crippen molar-refractivity contribution in [3.05, 3.63) is 23.3 Å². The molecule has 0 spiro atoms. The maximum atomic E-state index is 10.0. The quantitative estimate of drug-likeness (QED) is 0.487. The summed E-state index contributed by atoms with van der Waals surface area (Å²) >= 11 is 0. The van der Waals surface area contributed by atoms with Crippen molar-refractivity contribution in [1.82, 2.24) is 0 Å². The first-order valence-electron chi connectivity index (χ1n) is 6.72. The fourth-order valence-electron chi connectivity index (χ4n) is 2.49. The van der Waals surface area contributed by atoms with Crippen molar-refractivity contribution >= 4 is 0 Å². The molecule has 102 valence electrons. The normalized spacial score (nSPS) is 35.1. The summed E-state index contributed by atoms with van der Waals surface area (Å²) < 4.78 is 5.22. The summed E-state index contributed by atoms with van der Waals surface area (Å²) in [5.74, 6) is 0. The maximum absolute atomic E-state index is 10.0. The zero-order chi connectivity index (χ0) is 13.1. The van der Waals surface area contributed by atoms with Crippen molar-refractivity contribution in [1.29, 1.82) is 0 Å². The number of allylic oxidation sites excluding steroid dienone is 1. The number of aliphatic hydroxyl groups is 3. The molecular formula is C14H22O4. The lowest BCUT2D eigenvalue weighted by Crippen LogP contribution is -2.35. The highest BCUT2D eigenvalue weighted by molar-refractivity contribution is 5.39. The number of fused-ring (bicyclic) bond motifs is 1. The molecule has 1 aliphatic carbocycles. The van der Waals surface area contributed by atoms with Gasteiger partial charge in [0.1, 0.15) is 24.4 Å². The standard InChI is InChI=1S/C14H22O4/c1-2-3-4-5-6-7-9-10(8-15)12(17)14-13(18-14)11(9)16/h6-7,11-17H,2-5,8H2,1H3/b7-6+/t11-,12-,13+,14-/m0/s1. The van der Waals surface area contributed by atoms with Gasteiger partial charge < -0.3 is 20.1 Å². The van der Waals surface area contributed by atoms with Crippen LogP contribution in [-0.2, 0) is 4.74 Å². The summed E-state index contributed by atoms with van der Waals surface area (Å²) in [6, 6.07) is 0. The molecule has 0 unspecified atom stereocenters. The van der Waals surface area contributed by atoms with Crippen LogP contribution in [0.4, 0.5) is 0 Å². The Morgan fingerprint density at radius 3 is 2.56 bits per heavy atom. The van der Waals surface area contributed by atoms with E-state index in [0.29, 0.717) is 11.1 Å². The molecule has 1 saturated heterocycles. The zero-order valence-electron chi connectivity index (χ0n) is 10.7. The Morgan fingerprint density at radius 2 is 1.89 bits per heavy atom. The van der Waals surface area contributed by atoms with Gasteiger partial charge in [-0.25, -0.2) is 0 Å². The van der Waals surface area contributed by atoms with E-state index in [1.54, 1.807) is 0 Å². The van der Waals surface area contributed by atoms with Crippen molar-refractivity contribution < 1.29 is 20.1 Å². The van der Waals surface area contributed by atoms with Gasteiger partial charge in [0, 0.05) is 0 Å². The van der Waals surface area contributed by atoms with Crippen LogP contribution in [0.25, 0.3) is 0 Å². The molecule has 0 aromatic carbocycles. The summed E-state index contributed by atoms with van der Waals surface area (Å²) in [5, 5.41) is 29.3. The number of ether oxygens (including phenoxy) is 1. The minimum absolute atomic E-state index is 0.237. The molecule has 1 aliphatic heterocycles. The van der Waals surface area contributed by atoms with E-state index in [1.165, 1.54) is 12.8 Å². The van der Waals surface area contributed by atoms with Gasteiger partial charge in [0.15, 0.2) is 0 Å². The van der Waals surface area contributed by atoms with Gasteiger partial charge in [-0.3, -0.25) is 0 Å². The summed E-state index contributed by atoms with van der Waals surface area (Å²) in [6.07, 6.45) is 6.13.